The Kier molecular flexibility index (Phi) is 5.61. The van der Waals surface area contributed by atoms with Crippen molar-refractivity contribution in [2.45, 2.75) is 5.33 Å². The molecule has 0 nitrogen and oxygen atoms in total. The van der Waals surface area contributed by atoms with Gasteiger partial charge in [-0.15, -0.1) is 0 Å². The average Bonchev–Trinajstić information content (AvgIpc) is 1.90. The van der Waals surface area contributed by atoms with E-state index in [0.29, 0.717) is 0 Å². The van der Waals surface area contributed by atoms with E-state index in [0.717, 1.165) is 10.4 Å². The molecule has 50 valence electrons. The number of hydrogen-bond donors (Lipinski definition) is 0. The molecule has 0 aliphatic heterocycles. The minimum absolute atomic E-state index is 0. The van der Waals surface area contributed by atoms with E-state index < -0.39 is 0 Å². The SMILES string of the molecule is Clc1ccc(CBr)cc1.[Zn]. The maximum Gasteiger partial charge on any atom is 0.0406 e. The third kappa shape index (κ3) is 3.14. The second-order valence-electron chi connectivity index (χ2n) is 1.76. The molecule has 1 aromatic rings. The van der Waals surface area contributed by atoms with E-state index in [1.807, 2.05) is 24.3 Å². The molecule has 0 N–H and O–H groups in total. The molecule has 3 heteroatoms. The molecule has 0 radical (unpaired) electrons. The Morgan fingerprint density at radius 1 is 1.20 bits per heavy atom. The Labute approximate surface area is 86.9 Å². The minimum atomic E-state index is 0. The van der Waals surface area contributed by atoms with Crippen molar-refractivity contribution in [2.24, 2.45) is 0 Å². The molecular weight excluding hydrogens is 265 g/mol. The van der Waals surface area contributed by atoms with Crippen LogP contribution in [0.1, 0.15) is 5.56 Å². The Balaban J connectivity index is 0.000000810. The molecule has 0 unspecified atom stereocenters. The largest absolute Gasteiger partial charge is 0.0876 e. The normalized spacial score (nSPS) is 8.60. The van der Waals surface area contributed by atoms with Gasteiger partial charge >= 0.3 is 0 Å². The molecule has 0 amide bonds. The summed E-state index contributed by atoms with van der Waals surface area (Å²) in [6.45, 7) is 0. The fraction of sp³-hybridized carbons (Fsp3) is 0.143. The molecule has 0 fully saturated rings. The average molecular weight is 271 g/mol. The van der Waals surface area contributed by atoms with Crippen molar-refractivity contribution < 1.29 is 19.5 Å². The monoisotopic (exact) mass is 268 g/mol. The van der Waals surface area contributed by atoms with Crippen molar-refractivity contribution in [3.05, 3.63) is 34.9 Å². The molecule has 10 heavy (non-hydrogen) atoms. The van der Waals surface area contributed by atoms with Gasteiger partial charge in [0.05, 0.1) is 0 Å². The van der Waals surface area contributed by atoms with Crippen LogP contribution in [0.25, 0.3) is 0 Å². The summed E-state index contributed by atoms with van der Waals surface area (Å²) in [4.78, 5) is 0. The number of halogens is 2. The number of rotatable bonds is 1. The Morgan fingerprint density at radius 2 is 1.70 bits per heavy atom. The van der Waals surface area contributed by atoms with Gasteiger partial charge < -0.3 is 0 Å². The van der Waals surface area contributed by atoms with Gasteiger partial charge in [-0.3, -0.25) is 0 Å². The summed E-state index contributed by atoms with van der Waals surface area (Å²) >= 11 is 8.99. The van der Waals surface area contributed by atoms with Crippen molar-refractivity contribution in [2.75, 3.05) is 0 Å². The first-order chi connectivity index (χ1) is 4.33. The molecule has 0 saturated carbocycles. The number of benzene rings is 1. The summed E-state index contributed by atoms with van der Waals surface area (Å²) in [6.07, 6.45) is 0. The van der Waals surface area contributed by atoms with Crippen LogP contribution in [0.15, 0.2) is 24.3 Å². The molecule has 0 aliphatic carbocycles. The number of alkyl halides is 1. The van der Waals surface area contributed by atoms with Gasteiger partial charge in [0, 0.05) is 29.8 Å². The van der Waals surface area contributed by atoms with E-state index in [2.05, 4.69) is 15.9 Å². The van der Waals surface area contributed by atoms with Gasteiger partial charge in [0.25, 0.3) is 0 Å². The molecule has 0 aliphatic rings. The first-order valence-corrected chi connectivity index (χ1v) is 4.13. The summed E-state index contributed by atoms with van der Waals surface area (Å²) in [6, 6.07) is 7.77. The van der Waals surface area contributed by atoms with Crippen LogP contribution in [0, 0.1) is 0 Å². The third-order valence-corrected chi connectivity index (χ3v) is 1.97. The van der Waals surface area contributed by atoms with Crippen LogP contribution in [0.3, 0.4) is 0 Å². The summed E-state index contributed by atoms with van der Waals surface area (Å²) in [7, 11) is 0. The molecule has 1 rings (SSSR count). The van der Waals surface area contributed by atoms with Crippen LogP contribution in [0.4, 0.5) is 0 Å². The molecule has 0 saturated heterocycles. The summed E-state index contributed by atoms with van der Waals surface area (Å²) in [5, 5.41) is 1.68. The number of hydrogen-bond acceptors (Lipinski definition) is 0. The van der Waals surface area contributed by atoms with E-state index in [1.54, 1.807) is 0 Å². The standard InChI is InChI=1S/C7H6BrCl.Zn/c8-5-6-1-3-7(9)4-2-6;/h1-4H,5H2;. The molecule has 0 atom stereocenters. The van der Waals surface area contributed by atoms with Crippen LogP contribution in [0.2, 0.25) is 5.02 Å². The van der Waals surface area contributed by atoms with Crippen molar-refractivity contribution in [3.8, 4) is 0 Å². The van der Waals surface area contributed by atoms with Crippen LogP contribution in [0.5, 0.6) is 0 Å². The van der Waals surface area contributed by atoms with E-state index in [9.17, 15) is 0 Å². The third-order valence-electron chi connectivity index (χ3n) is 1.07. The van der Waals surface area contributed by atoms with Gasteiger partial charge in [-0.25, -0.2) is 0 Å². The zero-order valence-corrected chi connectivity index (χ0v) is 10.8. The van der Waals surface area contributed by atoms with Crippen molar-refractivity contribution in [3.63, 3.8) is 0 Å². The van der Waals surface area contributed by atoms with Gasteiger partial charge in [-0.1, -0.05) is 39.7 Å². The van der Waals surface area contributed by atoms with Crippen LogP contribution in [-0.4, -0.2) is 0 Å². The van der Waals surface area contributed by atoms with E-state index in [-0.39, 0.29) is 19.5 Å². The molecule has 1 aromatic carbocycles. The fourth-order valence-electron chi connectivity index (χ4n) is 0.573. The summed E-state index contributed by atoms with van der Waals surface area (Å²) in [5.41, 5.74) is 1.25. The Morgan fingerprint density at radius 3 is 2.10 bits per heavy atom. The van der Waals surface area contributed by atoms with Crippen molar-refractivity contribution >= 4 is 27.5 Å². The Bertz CT molecular complexity index is 185. The maximum absolute atomic E-state index is 5.65. The zero-order valence-electron chi connectivity index (χ0n) is 5.48. The quantitative estimate of drug-likeness (QED) is 0.543. The van der Waals surface area contributed by atoms with Gasteiger partial charge in [-0.2, -0.15) is 0 Å². The first kappa shape index (κ1) is 10.6. The van der Waals surface area contributed by atoms with Crippen LogP contribution >= 0.6 is 27.5 Å². The van der Waals surface area contributed by atoms with Gasteiger partial charge in [0.2, 0.25) is 0 Å². The maximum atomic E-state index is 5.65. The zero-order chi connectivity index (χ0) is 6.69. The van der Waals surface area contributed by atoms with Crippen molar-refractivity contribution in [1.29, 1.82) is 0 Å². The molecular formula is C7H6BrClZn. The summed E-state index contributed by atoms with van der Waals surface area (Å²) in [5.74, 6) is 0. The second-order valence-corrected chi connectivity index (χ2v) is 2.76. The first-order valence-electron chi connectivity index (χ1n) is 2.63. The van der Waals surface area contributed by atoms with Gasteiger partial charge in [-0.05, 0) is 17.7 Å². The molecule has 0 bridgehead atoms. The van der Waals surface area contributed by atoms with Crippen LogP contribution in [-0.2, 0) is 24.8 Å². The smallest absolute Gasteiger partial charge is 0.0406 e. The topological polar surface area (TPSA) is 0 Å². The molecule has 0 spiro atoms. The summed E-state index contributed by atoms with van der Waals surface area (Å²) < 4.78 is 0. The van der Waals surface area contributed by atoms with Gasteiger partial charge in [0.15, 0.2) is 0 Å². The fourth-order valence-corrected chi connectivity index (χ4v) is 1.07. The molecule has 0 aromatic heterocycles. The van der Waals surface area contributed by atoms with Gasteiger partial charge in [0.1, 0.15) is 0 Å². The molecule has 0 heterocycles. The predicted octanol–water partition coefficient (Wildman–Crippen LogP) is 3.23. The van der Waals surface area contributed by atoms with Crippen molar-refractivity contribution in [1.82, 2.24) is 0 Å². The second kappa shape index (κ2) is 5.29. The Hall–Kier alpha value is 0.613. The van der Waals surface area contributed by atoms with E-state index in [1.165, 1.54) is 5.56 Å². The minimum Gasteiger partial charge on any atom is -0.0876 e. The van der Waals surface area contributed by atoms with E-state index in [4.69, 9.17) is 11.6 Å². The predicted molar refractivity (Wildman–Crippen MR) is 44.1 cm³/mol. The van der Waals surface area contributed by atoms with Crippen LogP contribution < -0.4 is 0 Å². The van der Waals surface area contributed by atoms with E-state index >= 15 is 0 Å².